The molecule has 0 aliphatic carbocycles. The number of fused-ring (bicyclic) bond motifs is 2. The van der Waals surface area contributed by atoms with Crippen LogP contribution in [0.3, 0.4) is 0 Å². The fourth-order valence-electron chi connectivity index (χ4n) is 3.59. The topological polar surface area (TPSA) is 90.4 Å². The number of amides is 1. The molecule has 1 aliphatic heterocycles. The van der Waals surface area contributed by atoms with Gasteiger partial charge in [-0.05, 0) is 19.1 Å². The largest absolute Gasteiger partial charge is 0.461 e. The number of hydrogen-bond donors (Lipinski definition) is 1. The van der Waals surface area contributed by atoms with Crippen molar-refractivity contribution in [3.8, 4) is 11.6 Å². The molecule has 1 N–H and O–H groups in total. The van der Waals surface area contributed by atoms with E-state index >= 15 is 0 Å². The molecule has 3 aromatic rings. The van der Waals surface area contributed by atoms with Crippen molar-refractivity contribution in [1.29, 1.82) is 0 Å². The predicted octanol–water partition coefficient (Wildman–Crippen LogP) is 4.62. The summed E-state index contributed by atoms with van der Waals surface area (Å²) in [5.41, 5.74) is 1.10. The van der Waals surface area contributed by atoms with Crippen molar-refractivity contribution in [2.75, 3.05) is 11.9 Å². The van der Waals surface area contributed by atoms with E-state index in [4.69, 9.17) is 9.47 Å². The van der Waals surface area contributed by atoms with Gasteiger partial charge in [0.05, 0.1) is 12.0 Å². The van der Waals surface area contributed by atoms with E-state index in [0.29, 0.717) is 16.8 Å². The maximum Gasteiger partial charge on any atom is 0.357 e. The third-order valence-corrected chi connectivity index (χ3v) is 5.82. The minimum Gasteiger partial charge on any atom is -0.461 e. The highest BCUT2D eigenvalue weighted by molar-refractivity contribution is 7.14. The Labute approximate surface area is 178 Å². The van der Waals surface area contributed by atoms with E-state index < -0.39 is 11.4 Å². The molecule has 1 amide bonds. The number of aromatic nitrogens is 2. The monoisotopic (exact) mass is 423 g/mol. The van der Waals surface area contributed by atoms with Crippen LogP contribution in [0.2, 0.25) is 0 Å². The molecule has 0 fully saturated rings. The Kier molecular flexibility index (Phi) is 5.26. The minimum absolute atomic E-state index is 0.181. The van der Waals surface area contributed by atoms with E-state index in [1.807, 2.05) is 50.2 Å². The van der Waals surface area contributed by atoms with Crippen molar-refractivity contribution in [3.63, 3.8) is 0 Å². The average molecular weight is 423 g/mol. The molecule has 4 rings (SSSR count). The maximum absolute atomic E-state index is 13.3. The standard InChI is InChI=1S/C22H21N3O4S/c1-4-28-19(26)15-12-30-21(24-15)25-20(27)22(2,3)17-13-8-5-6-10-16(13)29-18-14(17)9-7-11-23-18/h5-12,17H,4H2,1-3H3,(H,24,25,27). The lowest BCUT2D eigenvalue weighted by molar-refractivity contribution is -0.124. The molecule has 1 aromatic carbocycles. The molecule has 2 aromatic heterocycles. The number of nitrogens with one attached hydrogen (secondary N) is 1. The summed E-state index contributed by atoms with van der Waals surface area (Å²) in [5.74, 6) is 0.195. The van der Waals surface area contributed by atoms with Crippen LogP contribution in [-0.4, -0.2) is 28.5 Å². The number of hydrogen-bond acceptors (Lipinski definition) is 7. The van der Waals surface area contributed by atoms with E-state index in [2.05, 4.69) is 15.3 Å². The molecule has 0 saturated heterocycles. The van der Waals surface area contributed by atoms with Gasteiger partial charge in [-0.1, -0.05) is 38.1 Å². The number of pyridine rings is 1. The second kappa shape index (κ2) is 7.87. The van der Waals surface area contributed by atoms with E-state index in [9.17, 15) is 9.59 Å². The molecule has 1 aliphatic rings. The Hall–Kier alpha value is -3.26. The molecular weight excluding hydrogens is 402 g/mol. The second-order valence-electron chi connectivity index (χ2n) is 7.40. The van der Waals surface area contributed by atoms with Gasteiger partial charge in [-0.2, -0.15) is 0 Å². The minimum atomic E-state index is -0.854. The highest BCUT2D eigenvalue weighted by atomic mass is 32.1. The summed E-state index contributed by atoms with van der Waals surface area (Å²) in [5, 5.41) is 4.78. The second-order valence-corrected chi connectivity index (χ2v) is 8.26. The number of nitrogens with zero attached hydrogens (tertiary/aromatic N) is 2. The van der Waals surface area contributed by atoms with Gasteiger partial charge in [0, 0.05) is 28.6 Å². The molecule has 0 spiro atoms. The van der Waals surface area contributed by atoms with Gasteiger partial charge in [-0.25, -0.2) is 14.8 Å². The number of para-hydroxylation sites is 1. The number of carbonyl (C=O) groups excluding carboxylic acids is 2. The first-order chi connectivity index (χ1) is 14.4. The summed E-state index contributed by atoms with van der Waals surface area (Å²) >= 11 is 1.19. The van der Waals surface area contributed by atoms with Gasteiger partial charge in [0.25, 0.3) is 0 Å². The maximum atomic E-state index is 13.3. The van der Waals surface area contributed by atoms with Crippen LogP contribution in [0.1, 0.15) is 48.3 Å². The van der Waals surface area contributed by atoms with Gasteiger partial charge in [-0.3, -0.25) is 4.79 Å². The number of thiazole rings is 1. The lowest BCUT2D eigenvalue weighted by Crippen LogP contribution is -2.38. The number of anilines is 1. The molecule has 1 unspecified atom stereocenters. The van der Waals surface area contributed by atoms with Crippen LogP contribution in [0.5, 0.6) is 11.6 Å². The van der Waals surface area contributed by atoms with Crippen molar-refractivity contribution in [1.82, 2.24) is 9.97 Å². The van der Waals surface area contributed by atoms with E-state index in [0.717, 1.165) is 11.1 Å². The fourth-order valence-corrected chi connectivity index (χ4v) is 4.26. The van der Waals surface area contributed by atoms with Gasteiger partial charge in [0.15, 0.2) is 10.8 Å². The highest BCUT2D eigenvalue weighted by Gasteiger charge is 2.44. The van der Waals surface area contributed by atoms with E-state index in [1.165, 1.54) is 11.3 Å². The van der Waals surface area contributed by atoms with Crippen molar-refractivity contribution in [3.05, 3.63) is 64.8 Å². The molecule has 154 valence electrons. The van der Waals surface area contributed by atoms with Crippen LogP contribution in [0.15, 0.2) is 48.0 Å². The Morgan fingerprint density at radius 3 is 2.77 bits per heavy atom. The molecule has 7 nitrogen and oxygen atoms in total. The summed E-state index contributed by atoms with van der Waals surface area (Å²) in [7, 11) is 0. The summed E-state index contributed by atoms with van der Waals surface area (Å²) in [6.07, 6.45) is 1.67. The molecule has 3 heterocycles. The van der Waals surface area contributed by atoms with Crippen LogP contribution in [0, 0.1) is 5.41 Å². The molecular formula is C22H21N3O4S. The first-order valence-electron chi connectivity index (χ1n) is 9.57. The zero-order chi connectivity index (χ0) is 21.3. The predicted molar refractivity (Wildman–Crippen MR) is 113 cm³/mol. The number of ether oxygens (including phenoxy) is 2. The number of esters is 1. The zero-order valence-electron chi connectivity index (χ0n) is 16.8. The van der Waals surface area contributed by atoms with Crippen LogP contribution >= 0.6 is 11.3 Å². The van der Waals surface area contributed by atoms with Crippen molar-refractivity contribution in [2.24, 2.45) is 5.41 Å². The number of rotatable bonds is 5. The third kappa shape index (κ3) is 3.54. The normalized spacial score (nSPS) is 14.8. The smallest absolute Gasteiger partial charge is 0.357 e. The molecule has 0 bridgehead atoms. The van der Waals surface area contributed by atoms with Gasteiger partial charge < -0.3 is 14.8 Å². The first kappa shape index (κ1) is 20.0. The quantitative estimate of drug-likeness (QED) is 0.603. The summed E-state index contributed by atoms with van der Waals surface area (Å²) in [4.78, 5) is 33.7. The number of carbonyl (C=O) groups is 2. The Morgan fingerprint density at radius 1 is 1.20 bits per heavy atom. The van der Waals surface area contributed by atoms with Crippen molar-refractivity contribution < 1.29 is 19.1 Å². The van der Waals surface area contributed by atoms with Crippen LogP contribution in [-0.2, 0) is 9.53 Å². The van der Waals surface area contributed by atoms with Crippen LogP contribution < -0.4 is 10.1 Å². The van der Waals surface area contributed by atoms with E-state index in [-0.39, 0.29) is 24.1 Å². The average Bonchev–Trinajstić information content (AvgIpc) is 3.20. The van der Waals surface area contributed by atoms with Gasteiger partial charge >= 0.3 is 5.97 Å². The van der Waals surface area contributed by atoms with Gasteiger partial charge in [0.2, 0.25) is 11.8 Å². The molecule has 8 heteroatoms. The summed E-state index contributed by atoms with van der Waals surface area (Å²) < 4.78 is 10.9. The zero-order valence-corrected chi connectivity index (χ0v) is 17.7. The first-order valence-corrected chi connectivity index (χ1v) is 10.5. The summed E-state index contributed by atoms with van der Waals surface area (Å²) in [6.45, 7) is 5.76. The highest BCUT2D eigenvalue weighted by Crippen LogP contribution is 2.51. The third-order valence-electron chi connectivity index (χ3n) is 5.06. The van der Waals surface area contributed by atoms with Gasteiger partial charge in [-0.15, -0.1) is 11.3 Å². The number of benzene rings is 1. The Bertz CT molecular complexity index is 1060. The van der Waals surface area contributed by atoms with Crippen molar-refractivity contribution in [2.45, 2.75) is 26.7 Å². The summed E-state index contributed by atoms with van der Waals surface area (Å²) in [6, 6.07) is 11.4. The Balaban J connectivity index is 1.65. The lowest BCUT2D eigenvalue weighted by Gasteiger charge is -2.37. The van der Waals surface area contributed by atoms with Crippen LogP contribution in [0.25, 0.3) is 0 Å². The fraction of sp³-hybridized carbons (Fsp3) is 0.273. The van der Waals surface area contributed by atoms with Crippen molar-refractivity contribution >= 4 is 28.3 Å². The lowest BCUT2D eigenvalue weighted by atomic mass is 9.70. The van der Waals surface area contributed by atoms with E-state index in [1.54, 1.807) is 18.5 Å². The SMILES string of the molecule is CCOC(=O)c1csc(NC(=O)C(C)(C)C2c3ccccc3Oc3ncccc32)n1. The molecule has 0 radical (unpaired) electrons. The molecule has 1 atom stereocenters. The van der Waals surface area contributed by atoms with Crippen LogP contribution in [0.4, 0.5) is 5.13 Å². The molecule has 30 heavy (non-hydrogen) atoms. The Morgan fingerprint density at radius 2 is 1.97 bits per heavy atom. The van der Waals surface area contributed by atoms with Gasteiger partial charge in [0.1, 0.15) is 5.75 Å². The molecule has 0 saturated carbocycles.